The summed E-state index contributed by atoms with van der Waals surface area (Å²) in [6, 6.07) is 5.53. The Balaban J connectivity index is 2.66. The molecule has 0 saturated heterocycles. The molecule has 0 bridgehead atoms. The third kappa shape index (κ3) is 3.63. The number of hydrogen-bond acceptors (Lipinski definition) is 3. The van der Waals surface area contributed by atoms with Crippen LogP contribution in [0.5, 0.6) is 17.2 Å². The van der Waals surface area contributed by atoms with Crippen molar-refractivity contribution in [1.82, 2.24) is 0 Å². The first kappa shape index (κ1) is 12.2. The molecule has 84 valence electrons. The zero-order valence-corrected chi connectivity index (χ0v) is 10.5. The van der Waals surface area contributed by atoms with Crippen LogP contribution in [0.15, 0.2) is 18.2 Å². The highest BCUT2D eigenvalue weighted by Gasteiger charge is 2.04. The summed E-state index contributed by atoms with van der Waals surface area (Å²) < 4.78 is 15.8. The van der Waals surface area contributed by atoms with Crippen LogP contribution in [0.1, 0.15) is 6.42 Å². The summed E-state index contributed by atoms with van der Waals surface area (Å²) in [5, 5.41) is 0.945. The molecule has 1 rings (SSSR count). The molecule has 0 unspecified atom stereocenters. The van der Waals surface area contributed by atoms with Gasteiger partial charge in [0.1, 0.15) is 5.75 Å². The predicted molar refractivity (Wildman–Crippen MR) is 63.5 cm³/mol. The molecule has 3 nitrogen and oxygen atoms in total. The van der Waals surface area contributed by atoms with E-state index in [9.17, 15) is 0 Å². The Bertz CT molecular complexity index is 302. The van der Waals surface area contributed by atoms with Crippen LogP contribution in [-0.2, 0) is 0 Å². The molecule has 0 amide bonds. The summed E-state index contributed by atoms with van der Waals surface area (Å²) in [6.45, 7) is 0.695. The van der Waals surface area contributed by atoms with E-state index in [0.717, 1.165) is 17.5 Å². The van der Waals surface area contributed by atoms with E-state index in [1.165, 1.54) is 0 Å². The van der Waals surface area contributed by atoms with Gasteiger partial charge in [0.15, 0.2) is 11.5 Å². The lowest BCUT2D eigenvalue weighted by atomic mass is 10.3. The van der Waals surface area contributed by atoms with Gasteiger partial charge in [-0.05, 0) is 18.6 Å². The minimum atomic E-state index is 0.689. The lowest BCUT2D eigenvalue weighted by Gasteiger charge is -2.10. The fourth-order valence-corrected chi connectivity index (χ4v) is 1.38. The molecule has 0 N–H and O–H groups in total. The molecule has 0 radical (unpaired) electrons. The van der Waals surface area contributed by atoms with Crippen LogP contribution in [0.4, 0.5) is 0 Å². The van der Waals surface area contributed by atoms with E-state index in [1.807, 2.05) is 18.2 Å². The monoisotopic (exact) mass is 274 g/mol. The van der Waals surface area contributed by atoms with Crippen molar-refractivity contribution in [1.29, 1.82) is 0 Å². The Labute approximate surface area is 98.5 Å². The van der Waals surface area contributed by atoms with Gasteiger partial charge in [-0.3, -0.25) is 0 Å². The second-order valence-corrected chi connectivity index (χ2v) is 3.70. The molecule has 0 aliphatic heterocycles. The molecule has 0 aromatic heterocycles. The highest BCUT2D eigenvalue weighted by atomic mass is 79.9. The average Bonchev–Trinajstić information content (AvgIpc) is 2.29. The van der Waals surface area contributed by atoms with Gasteiger partial charge in [-0.2, -0.15) is 0 Å². The van der Waals surface area contributed by atoms with E-state index in [0.29, 0.717) is 18.1 Å². The van der Waals surface area contributed by atoms with Gasteiger partial charge in [-0.25, -0.2) is 0 Å². The standard InChI is InChI=1S/C11H15BrO3/c1-13-10-5-4-9(8-11(10)14-2)15-7-3-6-12/h4-5,8H,3,6-7H2,1-2H3. The van der Waals surface area contributed by atoms with Crippen molar-refractivity contribution < 1.29 is 14.2 Å². The lowest BCUT2D eigenvalue weighted by molar-refractivity contribution is 0.311. The van der Waals surface area contributed by atoms with Crippen molar-refractivity contribution >= 4 is 15.9 Å². The van der Waals surface area contributed by atoms with Crippen molar-refractivity contribution in [3.05, 3.63) is 18.2 Å². The van der Waals surface area contributed by atoms with Gasteiger partial charge in [0, 0.05) is 11.4 Å². The van der Waals surface area contributed by atoms with Crippen LogP contribution < -0.4 is 14.2 Å². The molecule has 1 aromatic rings. The van der Waals surface area contributed by atoms with Crippen LogP contribution in [-0.4, -0.2) is 26.2 Å². The molecule has 15 heavy (non-hydrogen) atoms. The van der Waals surface area contributed by atoms with Gasteiger partial charge in [0.25, 0.3) is 0 Å². The molecule has 4 heteroatoms. The molecule has 0 aliphatic rings. The molecule has 0 heterocycles. The summed E-state index contributed by atoms with van der Waals surface area (Å²) in [7, 11) is 3.23. The number of benzene rings is 1. The maximum Gasteiger partial charge on any atom is 0.164 e. The van der Waals surface area contributed by atoms with Gasteiger partial charge < -0.3 is 14.2 Å². The lowest BCUT2D eigenvalue weighted by Crippen LogP contribution is -1.98. The topological polar surface area (TPSA) is 27.7 Å². The Hall–Kier alpha value is -0.900. The van der Waals surface area contributed by atoms with Crippen LogP contribution in [0.25, 0.3) is 0 Å². The number of alkyl halides is 1. The van der Waals surface area contributed by atoms with Gasteiger partial charge in [-0.1, -0.05) is 15.9 Å². The minimum Gasteiger partial charge on any atom is -0.493 e. The Kier molecular flexibility index (Phi) is 5.32. The van der Waals surface area contributed by atoms with Crippen molar-refractivity contribution in [2.45, 2.75) is 6.42 Å². The average molecular weight is 275 g/mol. The zero-order valence-electron chi connectivity index (χ0n) is 8.96. The predicted octanol–water partition coefficient (Wildman–Crippen LogP) is 2.87. The first-order valence-corrected chi connectivity index (χ1v) is 5.84. The Morgan fingerprint density at radius 3 is 2.47 bits per heavy atom. The molecular weight excluding hydrogens is 260 g/mol. The Morgan fingerprint density at radius 2 is 1.87 bits per heavy atom. The fraction of sp³-hybridized carbons (Fsp3) is 0.455. The second-order valence-electron chi connectivity index (χ2n) is 2.91. The van der Waals surface area contributed by atoms with Gasteiger partial charge in [0.05, 0.1) is 20.8 Å². The van der Waals surface area contributed by atoms with Crippen molar-refractivity contribution in [3.63, 3.8) is 0 Å². The number of ether oxygens (including phenoxy) is 3. The molecule has 1 aromatic carbocycles. The maximum atomic E-state index is 5.52. The van der Waals surface area contributed by atoms with Gasteiger partial charge in [-0.15, -0.1) is 0 Å². The highest BCUT2D eigenvalue weighted by Crippen LogP contribution is 2.30. The molecule has 0 aliphatic carbocycles. The largest absolute Gasteiger partial charge is 0.493 e. The molecular formula is C11H15BrO3. The number of hydrogen-bond donors (Lipinski definition) is 0. The number of methoxy groups -OCH3 is 2. The maximum absolute atomic E-state index is 5.52. The highest BCUT2D eigenvalue weighted by molar-refractivity contribution is 9.09. The van der Waals surface area contributed by atoms with Gasteiger partial charge in [0.2, 0.25) is 0 Å². The summed E-state index contributed by atoms with van der Waals surface area (Å²) in [6.07, 6.45) is 0.981. The van der Waals surface area contributed by atoms with E-state index in [-0.39, 0.29) is 0 Å². The zero-order chi connectivity index (χ0) is 11.1. The molecule has 0 atom stereocenters. The van der Waals surface area contributed by atoms with Crippen LogP contribution in [0.2, 0.25) is 0 Å². The summed E-state index contributed by atoms with van der Waals surface area (Å²) in [5.41, 5.74) is 0. The second kappa shape index (κ2) is 6.56. The van der Waals surface area contributed by atoms with Crippen LogP contribution in [0, 0.1) is 0 Å². The van der Waals surface area contributed by atoms with Crippen LogP contribution in [0.3, 0.4) is 0 Å². The molecule has 0 fully saturated rings. The summed E-state index contributed by atoms with van der Waals surface area (Å²) >= 11 is 3.35. The smallest absolute Gasteiger partial charge is 0.164 e. The van der Waals surface area contributed by atoms with Crippen molar-refractivity contribution in [3.8, 4) is 17.2 Å². The minimum absolute atomic E-state index is 0.689. The first-order chi connectivity index (χ1) is 7.31. The van der Waals surface area contributed by atoms with E-state index >= 15 is 0 Å². The normalized spacial score (nSPS) is 9.80. The third-order valence-electron chi connectivity index (χ3n) is 1.90. The van der Waals surface area contributed by atoms with Gasteiger partial charge >= 0.3 is 0 Å². The SMILES string of the molecule is COc1ccc(OCCCBr)cc1OC. The Morgan fingerprint density at radius 1 is 1.13 bits per heavy atom. The number of halogens is 1. The summed E-state index contributed by atoms with van der Waals surface area (Å²) in [4.78, 5) is 0. The van der Waals surface area contributed by atoms with Crippen LogP contribution >= 0.6 is 15.9 Å². The fourth-order valence-electron chi connectivity index (χ4n) is 1.15. The van der Waals surface area contributed by atoms with Crippen molar-refractivity contribution in [2.75, 3.05) is 26.2 Å². The number of rotatable bonds is 6. The summed E-state index contributed by atoms with van der Waals surface area (Å²) in [5.74, 6) is 2.20. The van der Waals surface area contributed by atoms with E-state index in [4.69, 9.17) is 14.2 Å². The quantitative estimate of drug-likeness (QED) is 0.590. The van der Waals surface area contributed by atoms with Crippen molar-refractivity contribution in [2.24, 2.45) is 0 Å². The van der Waals surface area contributed by atoms with E-state index < -0.39 is 0 Å². The molecule has 0 spiro atoms. The molecule has 0 saturated carbocycles. The first-order valence-electron chi connectivity index (χ1n) is 4.72. The van der Waals surface area contributed by atoms with E-state index in [1.54, 1.807) is 14.2 Å². The third-order valence-corrected chi connectivity index (χ3v) is 2.46. The van der Waals surface area contributed by atoms with E-state index in [2.05, 4.69) is 15.9 Å².